The van der Waals surface area contributed by atoms with E-state index >= 15 is 0 Å². The van der Waals surface area contributed by atoms with E-state index in [-0.39, 0.29) is 11.8 Å². The van der Waals surface area contributed by atoms with Crippen LogP contribution in [0.25, 0.3) is 11.1 Å². The van der Waals surface area contributed by atoms with Gasteiger partial charge >= 0.3 is 0 Å². The molecule has 34 heavy (non-hydrogen) atoms. The Kier molecular flexibility index (Phi) is 6.45. The molecular weight excluding hydrogens is 422 g/mol. The van der Waals surface area contributed by atoms with Gasteiger partial charge in [0.25, 0.3) is 5.91 Å². The number of carbonyl (C=O) groups is 2. The van der Waals surface area contributed by atoms with E-state index in [1.54, 1.807) is 11.9 Å². The minimum absolute atomic E-state index is 0.106. The molecule has 1 saturated heterocycles. The molecule has 5 nitrogen and oxygen atoms in total. The molecule has 0 aromatic heterocycles. The van der Waals surface area contributed by atoms with Gasteiger partial charge in [0.1, 0.15) is 0 Å². The van der Waals surface area contributed by atoms with Crippen LogP contribution in [0, 0.1) is 0 Å². The molecule has 2 aliphatic heterocycles. The average Bonchev–Trinajstić information content (AvgIpc) is 2.87. The third-order valence-electron chi connectivity index (χ3n) is 6.98. The van der Waals surface area contributed by atoms with Crippen molar-refractivity contribution < 1.29 is 9.59 Å². The topological polar surface area (TPSA) is 52.7 Å². The van der Waals surface area contributed by atoms with E-state index in [1.807, 2.05) is 36.4 Å². The number of likely N-dealkylation sites (tertiary alicyclic amines) is 1. The first-order chi connectivity index (χ1) is 16.6. The second-order valence-corrected chi connectivity index (χ2v) is 9.33. The molecule has 3 aromatic rings. The maximum absolute atomic E-state index is 13.2. The molecule has 0 atom stereocenters. The first-order valence-corrected chi connectivity index (χ1v) is 12.2. The lowest BCUT2D eigenvalue weighted by Gasteiger charge is -2.27. The lowest BCUT2D eigenvalue weighted by atomic mass is 9.96. The van der Waals surface area contributed by atoms with E-state index in [0.717, 1.165) is 37.3 Å². The van der Waals surface area contributed by atoms with Gasteiger partial charge in [0.15, 0.2) is 0 Å². The van der Waals surface area contributed by atoms with Crippen molar-refractivity contribution in [2.75, 3.05) is 30.4 Å². The van der Waals surface area contributed by atoms with Crippen molar-refractivity contribution in [3.63, 3.8) is 0 Å². The maximum Gasteiger partial charge on any atom is 0.255 e. The Balaban J connectivity index is 1.41. The summed E-state index contributed by atoms with van der Waals surface area (Å²) in [6, 6.07) is 22.2. The zero-order valence-corrected chi connectivity index (χ0v) is 19.7. The van der Waals surface area contributed by atoms with Crippen LogP contribution in [0.3, 0.4) is 0 Å². The Morgan fingerprint density at radius 3 is 2.50 bits per heavy atom. The molecule has 1 N–H and O–H groups in total. The lowest BCUT2D eigenvalue weighted by Crippen LogP contribution is -2.31. The molecular formula is C29H31N3O2. The number of piperidine rings is 1. The summed E-state index contributed by atoms with van der Waals surface area (Å²) in [5.74, 6) is -0.0286. The number of nitrogens with zero attached hydrogens (tertiary/aromatic N) is 2. The third kappa shape index (κ3) is 4.75. The van der Waals surface area contributed by atoms with Crippen LogP contribution in [0.1, 0.15) is 47.2 Å². The highest BCUT2D eigenvalue weighted by Gasteiger charge is 2.22. The molecule has 0 radical (unpaired) electrons. The van der Waals surface area contributed by atoms with Gasteiger partial charge < -0.3 is 10.2 Å². The van der Waals surface area contributed by atoms with Crippen LogP contribution in [0.15, 0.2) is 66.7 Å². The van der Waals surface area contributed by atoms with Crippen LogP contribution >= 0.6 is 0 Å². The fraction of sp³-hybridized carbons (Fsp3) is 0.310. The fourth-order valence-corrected chi connectivity index (χ4v) is 5.04. The van der Waals surface area contributed by atoms with E-state index in [9.17, 15) is 9.59 Å². The monoisotopic (exact) mass is 453 g/mol. The molecule has 0 unspecified atom stereocenters. The molecule has 0 aliphatic carbocycles. The summed E-state index contributed by atoms with van der Waals surface area (Å²) in [4.78, 5) is 29.5. The Morgan fingerprint density at radius 1 is 0.912 bits per heavy atom. The summed E-state index contributed by atoms with van der Waals surface area (Å²) in [7, 11) is 1.79. The van der Waals surface area contributed by atoms with E-state index in [1.165, 1.54) is 36.0 Å². The minimum Gasteiger partial charge on any atom is -0.322 e. The Labute approximate surface area is 201 Å². The van der Waals surface area contributed by atoms with Gasteiger partial charge in [-0.05, 0) is 78.9 Å². The number of hydrogen-bond donors (Lipinski definition) is 1. The number of hydrogen-bond acceptors (Lipinski definition) is 3. The van der Waals surface area contributed by atoms with Crippen LogP contribution in [-0.2, 0) is 17.8 Å². The molecule has 174 valence electrons. The molecule has 2 aliphatic rings. The zero-order valence-electron chi connectivity index (χ0n) is 19.7. The molecule has 0 bridgehead atoms. The van der Waals surface area contributed by atoms with Crippen LogP contribution in [0.4, 0.5) is 11.4 Å². The van der Waals surface area contributed by atoms with Gasteiger partial charge in [-0.15, -0.1) is 0 Å². The highest BCUT2D eigenvalue weighted by atomic mass is 16.2. The Morgan fingerprint density at radius 2 is 1.71 bits per heavy atom. The molecule has 1 fully saturated rings. The van der Waals surface area contributed by atoms with Crippen molar-refractivity contribution in [3.05, 3.63) is 83.4 Å². The summed E-state index contributed by atoms with van der Waals surface area (Å²) in [5, 5.41) is 3.04. The smallest absolute Gasteiger partial charge is 0.255 e. The summed E-state index contributed by atoms with van der Waals surface area (Å²) >= 11 is 0. The quantitative estimate of drug-likeness (QED) is 0.555. The van der Waals surface area contributed by atoms with Crippen molar-refractivity contribution in [2.45, 2.75) is 38.6 Å². The fourth-order valence-electron chi connectivity index (χ4n) is 5.04. The summed E-state index contributed by atoms with van der Waals surface area (Å²) in [6.07, 6.45) is 5.04. The van der Waals surface area contributed by atoms with Crippen molar-refractivity contribution in [3.8, 4) is 11.1 Å². The van der Waals surface area contributed by atoms with Gasteiger partial charge in [-0.3, -0.25) is 14.5 Å². The van der Waals surface area contributed by atoms with Crippen LogP contribution in [0.2, 0.25) is 0 Å². The lowest BCUT2D eigenvalue weighted by molar-refractivity contribution is -0.118. The van der Waals surface area contributed by atoms with Crippen LogP contribution in [-0.4, -0.2) is 36.9 Å². The largest absolute Gasteiger partial charge is 0.322 e. The Hall–Kier alpha value is -3.44. The second-order valence-electron chi connectivity index (χ2n) is 9.33. The van der Waals surface area contributed by atoms with Gasteiger partial charge in [-0.2, -0.15) is 0 Å². The number of anilines is 2. The van der Waals surface area contributed by atoms with Crippen LogP contribution in [0.5, 0.6) is 0 Å². The highest BCUT2D eigenvalue weighted by Crippen LogP contribution is 2.31. The van der Waals surface area contributed by atoms with Gasteiger partial charge in [-0.25, -0.2) is 0 Å². The first kappa shape index (κ1) is 22.4. The molecule has 5 rings (SSSR count). The summed E-state index contributed by atoms with van der Waals surface area (Å²) < 4.78 is 0. The van der Waals surface area contributed by atoms with E-state index < -0.39 is 0 Å². The molecule has 2 amide bonds. The standard InChI is InChI=1S/C29H31N3O2/c1-31-27-19-25(13-10-22(27)12-15-28(31)33)30-29(34)23-11-14-26(21-8-4-2-5-9-21)24(18-23)20-32-16-6-3-7-17-32/h2,4-5,8-11,13-14,18-19H,3,6-7,12,15-17,20H2,1H3,(H,30,34). The predicted molar refractivity (Wildman–Crippen MR) is 137 cm³/mol. The summed E-state index contributed by atoms with van der Waals surface area (Å²) in [5.41, 5.74) is 6.89. The normalized spacial score (nSPS) is 16.3. The van der Waals surface area contributed by atoms with Gasteiger partial charge in [0.05, 0.1) is 0 Å². The minimum atomic E-state index is -0.135. The number of amides is 2. The number of rotatable bonds is 5. The second kappa shape index (κ2) is 9.82. The van der Waals surface area contributed by atoms with Crippen molar-refractivity contribution in [1.29, 1.82) is 0 Å². The van der Waals surface area contributed by atoms with E-state index in [2.05, 4.69) is 40.5 Å². The number of carbonyl (C=O) groups excluding carboxylic acids is 2. The number of benzene rings is 3. The molecule has 0 spiro atoms. The van der Waals surface area contributed by atoms with Gasteiger partial charge in [0, 0.05) is 37.0 Å². The average molecular weight is 454 g/mol. The molecule has 5 heteroatoms. The van der Waals surface area contributed by atoms with Crippen molar-refractivity contribution in [1.82, 2.24) is 4.90 Å². The van der Waals surface area contributed by atoms with E-state index in [4.69, 9.17) is 0 Å². The van der Waals surface area contributed by atoms with Crippen molar-refractivity contribution >= 4 is 23.2 Å². The van der Waals surface area contributed by atoms with Crippen LogP contribution < -0.4 is 10.2 Å². The predicted octanol–water partition coefficient (Wildman–Crippen LogP) is 5.50. The van der Waals surface area contributed by atoms with Gasteiger partial charge in [0.2, 0.25) is 5.91 Å². The number of nitrogens with one attached hydrogen (secondary N) is 1. The Bertz CT molecular complexity index is 1200. The zero-order chi connectivity index (χ0) is 23.5. The van der Waals surface area contributed by atoms with E-state index in [0.29, 0.717) is 17.7 Å². The number of fused-ring (bicyclic) bond motifs is 1. The molecule has 0 saturated carbocycles. The van der Waals surface area contributed by atoms with Gasteiger partial charge in [-0.1, -0.05) is 48.9 Å². The molecule has 3 aromatic carbocycles. The van der Waals surface area contributed by atoms with Crippen molar-refractivity contribution in [2.24, 2.45) is 0 Å². The SMILES string of the molecule is CN1C(=O)CCc2ccc(NC(=O)c3ccc(-c4ccccc4)c(CN4CCCCC4)c3)cc21. The third-order valence-corrected chi connectivity index (χ3v) is 6.98. The maximum atomic E-state index is 13.2. The first-order valence-electron chi connectivity index (χ1n) is 12.2. The molecule has 2 heterocycles. The highest BCUT2D eigenvalue weighted by molar-refractivity contribution is 6.05. The summed E-state index contributed by atoms with van der Waals surface area (Å²) in [6.45, 7) is 3.05. The number of aryl methyl sites for hydroxylation is 1.